The molecular weight excluding hydrogens is 280 g/mol. The van der Waals surface area contributed by atoms with Crippen LogP contribution in [0.25, 0.3) is 0 Å². The van der Waals surface area contributed by atoms with Crippen LogP contribution in [0.3, 0.4) is 0 Å². The van der Waals surface area contributed by atoms with Gasteiger partial charge in [-0.15, -0.1) is 4.99 Å². The van der Waals surface area contributed by atoms with Crippen LogP contribution >= 0.6 is 0 Å². The third-order valence-electron chi connectivity index (χ3n) is 3.71. The minimum absolute atomic E-state index is 0.0649. The van der Waals surface area contributed by atoms with Gasteiger partial charge in [0.2, 0.25) is 0 Å². The number of nitrogens with zero attached hydrogens (tertiary/aromatic N) is 1. The van der Waals surface area contributed by atoms with E-state index in [1.54, 1.807) is 0 Å². The summed E-state index contributed by atoms with van der Waals surface area (Å²) in [4.78, 5) is 5.25. The zero-order chi connectivity index (χ0) is 15.8. The van der Waals surface area contributed by atoms with Crippen LogP contribution in [0.15, 0.2) is 24.3 Å². The van der Waals surface area contributed by atoms with Crippen molar-refractivity contribution < 1.29 is 19.6 Å². The third kappa shape index (κ3) is 5.22. The maximum absolute atomic E-state index is 10.0. The summed E-state index contributed by atoms with van der Waals surface area (Å²) >= 11 is 0. The molecule has 0 radical (unpaired) electrons. The van der Waals surface area contributed by atoms with E-state index in [1.165, 1.54) is 19.3 Å². The molecule has 1 aromatic rings. The fourth-order valence-corrected chi connectivity index (χ4v) is 2.73. The van der Waals surface area contributed by atoms with E-state index in [0.717, 1.165) is 19.6 Å². The van der Waals surface area contributed by atoms with Crippen LogP contribution in [0, 0.1) is 0 Å². The van der Waals surface area contributed by atoms with Gasteiger partial charge >= 0.3 is 6.08 Å². The molecular formula is C17H27N2O3+. The summed E-state index contributed by atoms with van der Waals surface area (Å²) in [7, 11) is 0. The molecule has 0 unspecified atom stereocenters. The Kier molecular flexibility index (Phi) is 6.52. The number of hydrogen-bond donors (Lipinski definition) is 2. The van der Waals surface area contributed by atoms with Crippen LogP contribution < -0.4 is 9.73 Å². The molecule has 1 fully saturated rings. The summed E-state index contributed by atoms with van der Waals surface area (Å²) in [6.07, 6.45) is 3.57. The van der Waals surface area contributed by atoms with Gasteiger partial charge in [0, 0.05) is 12.6 Å². The molecule has 0 bridgehead atoms. The number of para-hydroxylation sites is 2. The first-order valence-electron chi connectivity index (χ1n) is 8.12. The largest absolute Gasteiger partial charge is 0.551 e. The summed E-state index contributed by atoms with van der Waals surface area (Å²) in [6.45, 7) is 7.55. The van der Waals surface area contributed by atoms with E-state index in [4.69, 9.17) is 9.47 Å². The number of rotatable bonds is 6. The SMILES string of the molecule is CCOc1ccccc1[NH+]=C(O)O[C@H](C)CN1CCCCC1. The highest BCUT2D eigenvalue weighted by Gasteiger charge is 2.18. The Balaban J connectivity index is 1.91. The maximum atomic E-state index is 10.0. The lowest BCUT2D eigenvalue weighted by molar-refractivity contribution is -0.384. The van der Waals surface area contributed by atoms with Crippen molar-refractivity contribution in [3.8, 4) is 5.75 Å². The summed E-state index contributed by atoms with van der Waals surface area (Å²) in [5.74, 6) is 0.698. The number of benzene rings is 1. The van der Waals surface area contributed by atoms with Gasteiger partial charge in [-0.3, -0.25) is 4.90 Å². The van der Waals surface area contributed by atoms with Gasteiger partial charge in [-0.2, -0.15) is 0 Å². The Morgan fingerprint density at radius 2 is 2.00 bits per heavy atom. The number of nitrogens with one attached hydrogen (secondary N) is 1. The van der Waals surface area contributed by atoms with Gasteiger partial charge in [-0.05, 0) is 45.8 Å². The van der Waals surface area contributed by atoms with Crippen molar-refractivity contribution in [1.29, 1.82) is 0 Å². The number of piperidine rings is 1. The highest BCUT2D eigenvalue weighted by atomic mass is 16.6. The van der Waals surface area contributed by atoms with Crippen molar-refractivity contribution in [3.63, 3.8) is 0 Å². The fourth-order valence-electron chi connectivity index (χ4n) is 2.73. The van der Waals surface area contributed by atoms with Gasteiger partial charge in [0.25, 0.3) is 5.69 Å². The number of aliphatic hydroxyl groups excluding tert-OH is 1. The van der Waals surface area contributed by atoms with Crippen molar-refractivity contribution in [2.24, 2.45) is 0 Å². The lowest BCUT2D eigenvalue weighted by atomic mass is 10.1. The Labute approximate surface area is 132 Å². The molecule has 122 valence electrons. The van der Waals surface area contributed by atoms with E-state index in [-0.39, 0.29) is 12.2 Å². The highest BCUT2D eigenvalue weighted by molar-refractivity contribution is 5.60. The van der Waals surface area contributed by atoms with Crippen molar-refractivity contribution in [2.45, 2.75) is 39.2 Å². The van der Waals surface area contributed by atoms with Crippen molar-refractivity contribution >= 4 is 11.8 Å². The van der Waals surface area contributed by atoms with E-state index in [2.05, 4.69) is 9.89 Å². The number of ether oxygens (including phenoxy) is 2. The molecule has 1 atom stereocenters. The zero-order valence-corrected chi connectivity index (χ0v) is 13.5. The molecule has 5 heteroatoms. The summed E-state index contributed by atoms with van der Waals surface area (Å²) in [5, 5.41) is 10.0. The lowest BCUT2D eigenvalue weighted by Gasteiger charge is -2.28. The van der Waals surface area contributed by atoms with E-state index < -0.39 is 0 Å². The average Bonchev–Trinajstić information content (AvgIpc) is 2.50. The van der Waals surface area contributed by atoms with Gasteiger partial charge in [-0.1, -0.05) is 18.6 Å². The highest BCUT2D eigenvalue weighted by Crippen LogP contribution is 2.18. The first-order valence-corrected chi connectivity index (χ1v) is 8.12. The molecule has 0 spiro atoms. The fraction of sp³-hybridized carbons (Fsp3) is 0.588. The molecule has 1 aliphatic rings. The minimum Gasteiger partial charge on any atom is -0.487 e. The first kappa shape index (κ1) is 16.6. The Morgan fingerprint density at radius 1 is 1.27 bits per heavy atom. The minimum atomic E-state index is -0.184. The molecule has 0 aliphatic carbocycles. The standard InChI is InChI=1S/C17H26N2O3/c1-3-21-16-10-6-5-9-15(16)18-17(20)22-14(2)13-19-11-7-4-8-12-19/h5-6,9-10,14H,3-4,7-8,11-13H2,1-2H3,(H,18,20)/p+1/t14-/m1/s1. The van der Waals surface area contributed by atoms with Gasteiger partial charge in [0.15, 0.2) is 5.75 Å². The van der Waals surface area contributed by atoms with Crippen molar-refractivity contribution in [1.82, 2.24) is 4.90 Å². The number of hydrogen-bond acceptors (Lipinski definition) is 3. The van der Waals surface area contributed by atoms with Gasteiger partial charge < -0.3 is 14.6 Å². The second-order valence-electron chi connectivity index (χ2n) is 5.65. The molecule has 1 heterocycles. The predicted molar refractivity (Wildman–Crippen MR) is 86.7 cm³/mol. The summed E-state index contributed by atoms with van der Waals surface area (Å²) in [6, 6.07) is 7.48. The normalized spacial score (nSPS) is 18.0. The second-order valence-corrected chi connectivity index (χ2v) is 5.65. The molecule has 2 rings (SSSR count). The molecule has 2 N–H and O–H groups in total. The monoisotopic (exact) mass is 307 g/mol. The van der Waals surface area contributed by atoms with Gasteiger partial charge in [-0.25, -0.2) is 0 Å². The molecule has 1 aromatic carbocycles. The van der Waals surface area contributed by atoms with Crippen LogP contribution in [0.5, 0.6) is 5.75 Å². The van der Waals surface area contributed by atoms with Crippen molar-refractivity contribution in [3.05, 3.63) is 24.3 Å². The van der Waals surface area contributed by atoms with Crippen LogP contribution in [-0.4, -0.2) is 48.4 Å². The van der Waals surface area contributed by atoms with Gasteiger partial charge in [0.1, 0.15) is 6.10 Å². The van der Waals surface area contributed by atoms with E-state index in [9.17, 15) is 5.11 Å². The molecule has 5 nitrogen and oxygen atoms in total. The number of likely N-dealkylation sites (tertiary alicyclic amines) is 1. The van der Waals surface area contributed by atoms with Crippen LogP contribution in [0.2, 0.25) is 0 Å². The Hall–Kier alpha value is -1.75. The smallest absolute Gasteiger partial charge is 0.487 e. The molecule has 0 saturated carbocycles. The predicted octanol–water partition coefficient (Wildman–Crippen LogP) is 1.60. The van der Waals surface area contributed by atoms with Crippen molar-refractivity contribution in [2.75, 3.05) is 26.2 Å². The van der Waals surface area contributed by atoms with E-state index >= 15 is 0 Å². The Bertz CT molecular complexity index is 485. The molecule has 22 heavy (non-hydrogen) atoms. The molecule has 0 amide bonds. The van der Waals surface area contributed by atoms with Crippen LogP contribution in [0.4, 0.5) is 5.69 Å². The topological polar surface area (TPSA) is 55.9 Å². The summed E-state index contributed by atoms with van der Waals surface area (Å²) < 4.78 is 11.1. The molecule has 1 saturated heterocycles. The average molecular weight is 307 g/mol. The second kappa shape index (κ2) is 8.63. The third-order valence-corrected chi connectivity index (χ3v) is 3.71. The quantitative estimate of drug-likeness (QED) is 0.619. The van der Waals surface area contributed by atoms with E-state index in [0.29, 0.717) is 18.0 Å². The zero-order valence-electron chi connectivity index (χ0n) is 13.5. The summed E-state index contributed by atoms with van der Waals surface area (Å²) in [5.41, 5.74) is 0.701. The Morgan fingerprint density at radius 3 is 2.73 bits per heavy atom. The molecule has 1 aliphatic heterocycles. The van der Waals surface area contributed by atoms with E-state index in [1.807, 2.05) is 38.1 Å². The van der Waals surface area contributed by atoms with Gasteiger partial charge in [0.05, 0.1) is 6.61 Å². The maximum Gasteiger partial charge on any atom is 0.551 e. The number of aliphatic hydroxyl groups is 1. The van der Waals surface area contributed by atoms with Crippen LogP contribution in [-0.2, 0) is 4.74 Å². The lowest BCUT2D eigenvalue weighted by Crippen LogP contribution is -2.67. The van der Waals surface area contributed by atoms with Crippen LogP contribution in [0.1, 0.15) is 33.1 Å². The first-order chi connectivity index (χ1) is 10.7. The molecule has 0 aromatic heterocycles.